The Balaban J connectivity index is 1.63. The number of halogens is 1. The van der Waals surface area contributed by atoms with E-state index >= 15 is 0 Å². The first-order chi connectivity index (χ1) is 16.0. The summed E-state index contributed by atoms with van der Waals surface area (Å²) >= 11 is 6.51. The monoisotopic (exact) mass is 463 g/mol. The fraction of sp³-hybridized carbons (Fsp3) is 0.231. The molecule has 1 heterocycles. The van der Waals surface area contributed by atoms with Crippen LogP contribution in [0.15, 0.2) is 72.8 Å². The molecular formula is C26H26ClN3O3. The van der Waals surface area contributed by atoms with Crippen molar-refractivity contribution < 1.29 is 14.3 Å². The molecule has 0 unspecified atom stereocenters. The molecule has 0 spiro atoms. The smallest absolute Gasteiger partial charge is 0.259 e. The van der Waals surface area contributed by atoms with E-state index in [0.29, 0.717) is 30.1 Å². The lowest BCUT2D eigenvalue weighted by atomic mass is 10.1. The van der Waals surface area contributed by atoms with Gasteiger partial charge >= 0.3 is 0 Å². The molecule has 0 radical (unpaired) electrons. The summed E-state index contributed by atoms with van der Waals surface area (Å²) in [5.74, 6) is -0.202. The van der Waals surface area contributed by atoms with Gasteiger partial charge in [-0.25, -0.2) is 0 Å². The Morgan fingerprint density at radius 2 is 1.55 bits per heavy atom. The average Bonchev–Trinajstić information content (AvgIpc) is 2.84. The van der Waals surface area contributed by atoms with E-state index in [1.807, 2.05) is 55.6 Å². The third kappa shape index (κ3) is 5.72. The van der Waals surface area contributed by atoms with Gasteiger partial charge in [0.05, 0.1) is 16.1 Å². The Hall–Kier alpha value is -3.35. The van der Waals surface area contributed by atoms with Crippen LogP contribution in [0.4, 0.5) is 5.69 Å². The Kier molecular flexibility index (Phi) is 7.27. The highest BCUT2D eigenvalue weighted by molar-refractivity contribution is 6.34. The van der Waals surface area contributed by atoms with Crippen molar-refractivity contribution in [3.05, 3.63) is 94.5 Å². The van der Waals surface area contributed by atoms with Gasteiger partial charge in [-0.2, -0.15) is 0 Å². The summed E-state index contributed by atoms with van der Waals surface area (Å²) < 4.78 is 6.03. The molecule has 3 aromatic carbocycles. The molecular weight excluding hydrogens is 438 g/mol. The second-order valence-corrected chi connectivity index (χ2v) is 8.43. The van der Waals surface area contributed by atoms with E-state index < -0.39 is 0 Å². The standard InChI is InChI=1S/C26H26ClN3O3/c1-29-12-14-30(15-13-29)26(32)21-17-24(33-18-19-8-4-2-5-9-19)22(16-23(21)27)25(31)28-20-10-6-3-7-11-20/h2-11,16-17H,12-15,18H2,1H3,(H,28,31). The molecule has 0 saturated carbocycles. The predicted octanol–water partition coefficient (Wildman–Crippen LogP) is 4.56. The number of carbonyl (C=O) groups excluding carboxylic acids is 2. The highest BCUT2D eigenvalue weighted by atomic mass is 35.5. The van der Waals surface area contributed by atoms with Crippen molar-refractivity contribution in [3.63, 3.8) is 0 Å². The molecule has 7 heteroatoms. The molecule has 1 aliphatic heterocycles. The first-order valence-corrected chi connectivity index (χ1v) is 11.2. The van der Waals surface area contributed by atoms with Crippen LogP contribution in [0.25, 0.3) is 0 Å². The number of hydrogen-bond donors (Lipinski definition) is 1. The summed E-state index contributed by atoms with van der Waals surface area (Å²) in [5.41, 5.74) is 2.22. The van der Waals surface area contributed by atoms with Crippen molar-refractivity contribution in [2.75, 3.05) is 38.5 Å². The number of carbonyl (C=O) groups is 2. The number of likely N-dealkylation sites (N-methyl/N-ethyl adjacent to an activating group) is 1. The Morgan fingerprint density at radius 1 is 0.909 bits per heavy atom. The highest BCUT2D eigenvalue weighted by Gasteiger charge is 2.25. The minimum Gasteiger partial charge on any atom is -0.488 e. The number of rotatable bonds is 6. The highest BCUT2D eigenvalue weighted by Crippen LogP contribution is 2.30. The lowest BCUT2D eigenvalue weighted by Crippen LogP contribution is -2.47. The lowest BCUT2D eigenvalue weighted by Gasteiger charge is -2.32. The van der Waals surface area contributed by atoms with Gasteiger partial charge in [0.2, 0.25) is 0 Å². The van der Waals surface area contributed by atoms with Gasteiger partial charge in [0.15, 0.2) is 0 Å². The SMILES string of the molecule is CN1CCN(C(=O)c2cc(OCc3ccccc3)c(C(=O)Nc3ccccc3)cc2Cl)CC1. The zero-order chi connectivity index (χ0) is 23.2. The van der Waals surface area contributed by atoms with Crippen molar-refractivity contribution in [2.24, 2.45) is 0 Å². The number of para-hydroxylation sites is 1. The topological polar surface area (TPSA) is 61.9 Å². The zero-order valence-corrected chi connectivity index (χ0v) is 19.2. The van der Waals surface area contributed by atoms with Crippen LogP contribution in [0, 0.1) is 0 Å². The second kappa shape index (κ2) is 10.5. The minimum absolute atomic E-state index is 0.160. The molecule has 1 fully saturated rings. The molecule has 4 rings (SSSR count). The van der Waals surface area contributed by atoms with Crippen LogP contribution in [0.3, 0.4) is 0 Å². The van der Waals surface area contributed by atoms with Gasteiger partial charge in [0.25, 0.3) is 11.8 Å². The molecule has 1 N–H and O–H groups in total. The maximum absolute atomic E-state index is 13.2. The van der Waals surface area contributed by atoms with E-state index in [1.165, 1.54) is 6.07 Å². The molecule has 3 aromatic rings. The molecule has 0 aromatic heterocycles. The van der Waals surface area contributed by atoms with Crippen molar-refractivity contribution in [1.29, 1.82) is 0 Å². The number of ether oxygens (including phenoxy) is 1. The second-order valence-electron chi connectivity index (χ2n) is 8.02. The van der Waals surface area contributed by atoms with Crippen LogP contribution in [0.1, 0.15) is 26.3 Å². The minimum atomic E-state index is -0.357. The maximum Gasteiger partial charge on any atom is 0.259 e. The fourth-order valence-corrected chi connectivity index (χ4v) is 3.89. The van der Waals surface area contributed by atoms with E-state index in [4.69, 9.17) is 16.3 Å². The number of benzene rings is 3. The van der Waals surface area contributed by atoms with Crippen LogP contribution in [-0.2, 0) is 6.61 Å². The fourth-order valence-electron chi connectivity index (χ4n) is 3.65. The molecule has 0 atom stereocenters. The van der Waals surface area contributed by atoms with Crippen molar-refractivity contribution in [1.82, 2.24) is 9.80 Å². The van der Waals surface area contributed by atoms with E-state index in [1.54, 1.807) is 23.1 Å². The lowest BCUT2D eigenvalue weighted by molar-refractivity contribution is 0.0663. The molecule has 6 nitrogen and oxygen atoms in total. The largest absolute Gasteiger partial charge is 0.488 e. The third-order valence-corrected chi connectivity index (χ3v) is 5.92. The van der Waals surface area contributed by atoms with Crippen LogP contribution in [-0.4, -0.2) is 54.8 Å². The summed E-state index contributed by atoms with van der Waals surface area (Å²) in [6, 6.07) is 21.9. The van der Waals surface area contributed by atoms with Crippen LogP contribution < -0.4 is 10.1 Å². The van der Waals surface area contributed by atoms with Crippen LogP contribution in [0.2, 0.25) is 5.02 Å². The first kappa shape index (κ1) is 22.8. The molecule has 1 aliphatic rings. The van der Waals surface area contributed by atoms with E-state index in [2.05, 4.69) is 10.2 Å². The third-order valence-electron chi connectivity index (χ3n) is 5.60. The molecule has 0 aliphatic carbocycles. The van der Waals surface area contributed by atoms with Crippen molar-refractivity contribution in [3.8, 4) is 5.75 Å². The molecule has 0 bridgehead atoms. The van der Waals surface area contributed by atoms with Crippen molar-refractivity contribution >= 4 is 29.1 Å². The Bertz CT molecular complexity index is 1110. The van der Waals surface area contributed by atoms with Crippen LogP contribution in [0.5, 0.6) is 5.75 Å². The van der Waals surface area contributed by atoms with Gasteiger partial charge in [-0.3, -0.25) is 9.59 Å². The van der Waals surface area contributed by atoms with Gasteiger partial charge < -0.3 is 19.9 Å². The molecule has 170 valence electrons. The van der Waals surface area contributed by atoms with E-state index in [0.717, 1.165) is 18.7 Å². The Morgan fingerprint density at radius 3 is 2.21 bits per heavy atom. The molecule has 2 amide bonds. The van der Waals surface area contributed by atoms with Crippen molar-refractivity contribution in [2.45, 2.75) is 6.61 Å². The van der Waals surface area contributed by atoms with Gasteiger partial charge in [0, 0.05) is 31.9 Å². The summed E-state index contributed by atoms with van der Waals surface area (Å²) in [7, 11) is 2.03. The predicted molar refractivity (Wildman–Crippen MR) is 130 cm³/mol. The van der Waals surface area contributed by atoms with E-state index in [9.17, 15) is 9.59 Å². The summed E-state index contributed by atoms with van der Waals surface area (Å²) in [5, 5.41) is 3.09. The van der Waals surface area contributed by atoms with Gasteiger partial charge in [-0.1, -0.05) is 60.1 Å². The number of nitrogens with one attached hydrogen (secondary N) is 1. The average molecular weight is 464 g/mol. The first-order valence-electron chi connectivity index (χ1n) is 10.9. The van der Waals surface area contributed by atoms with Crippen LogP contribution >= 0.6 is 11.6 Å². The molecule has 1 saturated heterocycles. The van der Waals surface area contributed by atoms with Gasteiger partial charge in [-0.15, -0.1) is 0 Å². The van der Waals surface area contributed by atoms with Gasteiger partial charge in [-0.05, 0) is 36.9 Å². The normalized spacial score (nSPS) is 14.1. The number of anilines is 1. The number of amides is 2. The quantitative estimate of drug-likeness (QED) is 0.582. The zero-order valence-electron chi connectivity index (χ0n) is 18.5. The number of piperazine rings is 1. The summed E-state index contributed by atoms with van der Waals surface area (Å²) in [6.45, 7) is 3.12. The summed E-state index contributed by atoms with van der Waals surface area (Å²) in [4.78, 5) is 30.2. The maximum atomic E-state index is 13.2. The van der Waals surface area contributed by atoms with E-state index in [-0.39, 0.29) is 29.0 Å². The van der Waals surface area contributed by atoms with Gasteiger partial charge in [0.1, 0.15) is 12.4 Å². The summed E-state index contributed by atoms with van der Waals surface area (Å²) in [6.07, 6.45) is 0. The number of hydrogen-bond acceptors (Lipinski definition) is 4. The Labute approximate surface area is 198 Å². The molecule has 33 heavy (non-hydrogen) atoms. The number of nitrogens with zero attached hydrogens (tertiary/aromatic N) is 2.